The molecule has 1 atom stereocenters. The first-order valence-corrected chi connectivity index (χ1v) is 10.7. The number of fused-ring (bicyclic) bond motifs is 1. The Kier molecular flexibility index (Phi) is 5.67. The number of aryl methyl sites for hydroxylation is 2. The quantitative estimate of drug-likeness (QED) is 0.795. The molecular formula is C22H32N6O. The van der Waals surface area contributed by atoms with Crippen LogP contribution in [0.25, 0.3) is 0 Å². The molecule has 4 heterocycles. The van der Waals surface area contributed by atoms with Crippen molar-refractivity contribution in [2.75, 3.05) is 26.7 Å². The topological polar surface area (TPSA) is 67.2 Å². The van der Waals surface area contributed by atoms with E-state index < -0.39 is 0 Å². The van der Waals surface area contributed by atoms with Gasteiger partial charge in [-0.3, -0.25) is 9.48 Å². The molecular weight excluding hydrogens is 364 g/mol. The number of likely N-dealkylation sites (tertiary alicyclic amines) is 1. The van der Waals surface area contributed by atoms with E-state index in [2.05, 4.69) is 35.0 Å². The molecule has 0 N–H and O–H groups in total. The summed E-state index contributed by atoms with van der Waals surface area (Å²) in [6.45, 7) is 9.68. The van der Waals surface area contributed by atoms with Gasteiger partial charge in [-0.25, -0.2) is 9.97 Å². The zero-order valence-corrected chi connectivity index (χ0v) is 18.1. The molecule has 0 aliphatic carbocycles. The minimum Gasteiger partial charge on any atom is -0.343 e. The van der Waals surface area contributed by atoms with Crippen LogP contribution in [-0.2, 0) is 17.8 Å². The van der Waals surface area contributed by atoms with Crippen molar-refractivity contribution >= 4 is 5.91 Å². The summed E-state index contributed by atoms with van der Waals surface area (Å²) in [5, 5.41) is 4.53. The van der Waals surface area contributed by atoms with Crippen LogP contribution in [0.2, 0.25) is 0 Å². The third kappa shape index (κ3) is 4.34. The van der Waals surface area contributed by atoms with Crippen LogP contribution in [0.5, 0.6) is 0 Å². The molecule has 0 unspecified atom stereocenters. The number of amides is 1. The predicted molar refractivity (Wildman–Crippen MR) is 112 cm³/mol. The monoisotopic (exact) mass is 396 g/mol. The first kappa shape index (κ1) is 20.0. The smallest absolute Gasteiger partial charge is 0.224 e. The normalized spacial score (nSPS) is 19.2. The summed E-state index contributed by atoms with van der Waals surface area (Å²) >= 11 is 0. The molecule has 0 saturated carbocycles. The molecule has 0 aromatic carbocycles. The van der Waals surface area contributed by atoms with Gasteiger partial charge in [-0.15, -0.1) is 0 Å². The van der Waals surface area contributed by atoms with Gasteiger partial charge in [0.2, 0.25) is 5.91 Å². The molecule has 4 rings (SSSR count). The fourth-order valence-electron chi connectivity index (χ4n) is 4.62. The number of piperidine rings is 1. The van der Waals surface area contributed by atoms with Crippen LogP contribution < -0.4 is 0 Å². The molecule has 0 radical (unpaired) electrons. The second-order valence-corrected chi connectivity index (χ2v) is 8.77. The summed E-state index contributed by atoms with van der Waals surface area (Å²) in [6, 6.07) is 2.14. The number of hydrogen-bond donors (Lipinski definition) is 0. The average molecular weight is 397 g/mol. The Morgan fingerprint density at radius 1 is 1.24 bits per heavy atom. The van der Waals surface area contributed by atoms with Crippen LogP contribution in [0.4, 0.5) is 0 Å². The molecule has 29 heavy (non-hydrogen) atoms. The van der Waals surface area contributed by atoms with E-state index in [0.29, 0.717) is 12.3 Å². The van der Waals surface area contributed by atoms with Crippen molar-refractivity contribution in [2.24, 2.45) is 0 Å². The number of carbonyl (C=O) groups is 1. The zero-order chi connectivity index (χ0) is 20.5. The predicted octanol–water partition coefficient (Wildman–Crippen LogP) is 2.64. The molecule has 0 bridgehead atoms. The van der Waals surface area contributed by atoms with Crippen molar-refractivity contribution in [1.82, 2.24) is 29.5 Å². The lowest BCUT2D eigenvalue weighted by atomic mass is 9.95. The third-order valence-electron chi connectivity index (χ3n) is 6.29. The van der Waals surface area contributed by atoms with Crippen LogP contribution in [0.1, 0.15) is 66.6 Å². The van der Waals surface area contributed by atoms with Crippen LogP contribution in [0.15, 0.2) is 12.3 Å². The number of rotatable bonds is 4. The van der Waals surface area contributed by atoms with Gasteiger partial charge in [-0.05, 0) is 46.7 Å². The molecule has 0 spiro atoms. The Hall–Kier alpha value is -2.28. The number of hydrogen-bond acceptors (Lipinski definition) is 5. The van der Waals surface area contributed by atoms with Gasteiger partial charge >= 0.3 is 0 Å². The maximum Gasteiger partial charge on any atom is 0.224 e. The highest BCUT2D eigenvalue weighted by molar-refractivity contribution is 5.76. The van der Waals surface area contributed by atoms with Crippen LogP contribution in [0.3, 0.4) is 0 Å². The molecule has 1 fully saturated rings. The van der Waals surface area contributed by atoms with Crippen LogP contribution in [-0.4, -0.2) is 62.1 Å². The van der Waals surface area contributed by atoms with Crippen LogP contribution in [0, 0.1) is 13.8 Å². The van der Waals surface area contributed by atoms with Gasteiger partial charge in [-0.1, -0.05) is 0 Å². The fraction of sp³-hybridized carbons (Fsp3) is 0.636. The molecule has 156 valence electrons. The molecule has 7 heteroatoms. The van der Waals surface area contributed by atoms with Gasteiger partial charge in [0.05, 0.1) is 11.7 Å². The van der Waals surface area contributed by atoms with E-state index in [0.717, 1.165) is 62.7 Å². The van der Waals surface area contributed by atoms with Crippen LogP contribution >= 0.6 is 0 Å². The molecule has 1 amide bonds. The summed E-state index contributed by atoms with van der Waals surface area (Å²) in [6.07, 6.45) is 5.40. The highest BCUT2D eigenvalue weighted by atomic mass is 16.2. The summed E-state index contributed by atoms with van der Waals surface area (Å²) < 4.78 is 1.97. The first-order chi connectivity index (χ1) is 13.9. The average Bonchev–Trinajstić information content (AvgIpc) is 3.05. The molecule has 7 nitrogen and oxygen atoms in total. The lowest BCUT2D eigenvalue weighted by molar-refractivity contribution is -0.133. The summed E-state index contributed by atoms with van der Waals surface area (Å²) in [4.78, 5) is 26.7. The van der Waals surface area contributed by atoms with E-state index in [1.807, 2.05) is 29.6 Å². The van der Waals surface area contributed by atoms with Crippen molar-refractivity contribution in [3.63, 3.8) is 0 Å². The van der Waals surface area contributed by atoms with E-state index in [-0.39, 0.29) is 11.9 Å². The number of nitrogens with zero attached hydrogens (tertiary/aromatic N) is 6. The second kappa shape index (κ2) is 8.22. The Morgan fingerprint density at radius 3 is 2.69 bits per heavy atom. The van der Waals surface area contributed by atoms with Crippen molar-refractivity contribution in [3.05, 3.63) is 40.7 Å². The van der Waals surface area contributed by atoms with Gasteiger partial charge in [0.15, 0.2) is 0 Å². The highest BCUT2D eigenvalue weighted by Crippen LogP contribution is 2.28. The maximum absolute atomic E-state index is 12.8. The maximum atomic E-state index is 12.8. The Balaban J connectivity index is 1.33. The van der Waals surface area contributed by atoms with E-state index in [9.17, 15) is 4.79 Å². The Labute approximate surface area is 173 Å². The second-order valence-electron chi connectivity index (χ2n) is 8.77. The molecule has 2 aromatic rings. The highest BCUT2D eigenvalue weighted by Gasteiger charge is 2.27. The van der Waals surface area contributed by atoms with Gasteiger partial charge in [0.1, 0.15) is 5.82 Å². The molecule has 2 aliphatic heterocycles. The van der Waals surface area contributed by atoms with E-state index in [1.165, 1.54) is 11.3 Å². The summed E-state index contributed by atoms with van der Waals surface area (Å²) in [5.74, 6) is 1.55. The van der Waals surface area contributed by atoms with Gasteiger partial charge in [0.25, 0.3) is 0 Å². The van der Waals surface area contributed by atoms with E-state index >= 15 is 0 Å². The van der Waals surface area contributed by atoms with Crippen molar-refractivity contribution in [3.8, 4) is 0 Å². The lowest BCUT2D eigenvalue weighted by Gasteiger charge is -2.32. The van der Waals surface area contributed by atoms with Gasteiger partial charge in [-0.2, -0.15) is 5.10 Å². The standard InChI is InChI=1S/C22H32N6O/c1-15-11-16(2)28(25-15)17(3)12-21(29)27-9-5-18(6-10-27)22-23-13-19-14-26(4)8-7-20(19)24-22/h11,13,17-18H,5-10,12,14H2,1-4H3/t17-/m1/s1. The van der Waals surface area contributed by atoms with Crippen molar-refractivity contribution in [2.45, 2.75) is 65.0 Å². The van der Waals surface area contributed by atoms with Gasteiger partial charge < -0.3 is 9.80 Å². The third-order valence-corrected chi connectivity index (χ3v) is 6.29. The summed E-state index contributed by atoms with van der Waals surface area (Å²) in [7, 11) is 2.14. The van der Waals surface area contributed by atoms with Gasteiger partial charge in [0, 0.05) is 68.1 Å². The Morgan fingerprint density at radius 2 is 2.00 bits per heavy atom. The molecule has 2 aromatic heterocycles. The summed E-state index contributed by atoms with van der Waals surface area (Å²) in [5.41, 5.74) is 4.58. The minimum atomic E-state index is 0.0797. The lowest BCUT2D eigenvalue weighted by Crippen LogP contribution is -2.39. The largest absolute Gasteiger partial charge is 0.343 e. The van der Waals surface area contributed by atoms with E-state index in [4.69, 9.17) is 4.98 Å². The number of likely N-dealkylation sites (N-methyl/N-ethyl adjacent to an activating group) is 1. The van der Waals surface area contributed by atoms with E-state index in [1.54, 1.807) is 0 Å². The zero-order valence-electron chi connectivity index (χ0n) is 18.1. The molecule has 2 aliphatic rings. The number of carbonyl (C=O) groups excluding carboxylic acids is 1. The minimum absolute atomic E-state index is 0.0797. The SMILES string of the molecule is Cc1cc(C)n([C@H](C)CC(=O)N2CCC(c3ncc4c(n3)CCN(C)C4)CC2)n1. The van der Waals surface area contributed by atoms with Crippen molar-refractivity contribution in [1.29, 1.82) is 0 Å². The Bertz CT molecular complexity index is 883. The first-order valence-electron chi connectivity index (χ1n) is 10.7. The molecule has 1 saturated heterocycles. The number of aromatic nitrogens is 4. The van der Waals surface area contributed by atoms with Crippen molar-refractivity contribution < 1.29 is 4.79 Å². The fourth-order valence-corrected chi connectivity index (χ4v) is 4.62.